The van der Waals surface area contributed by atoms with Gasteiger partial charge in [-0.3, -0.25) is 0 Å². The highest BCUT2D eigenvalue weighted by molar-refractivity contribution is 5.51. The molecule has 0 radical (unpaired) electrons. The lowest BCUT2D eigenvalue weighted by molar-refractivity contribution is -0.110. The van der Waals surface area contributed by atoms with Crippen LogP contribution in [0.4, 0.5) is 0 Å². The van der Waals surface area contributed by atoms with E-state index in [4.69, 9.17) is 5.11 Å². The Morgan fingerprint density at radius 1 is 1.31 bits per heavy atom. The molecule has 0 aliphatic rings. The van der Waals surface area contributed by atoms with Crippen LogP contribution in [0.5, 0.6) is 0 Å². The number of aliphatic hydroxyl groups excluding tert-OH is 1. The van der Waals surface area contributed by atoms with E-state index in [9.17, 15) is 4.79 Å². The number of hydrogen-bond acceptors (Lipinski definition) is 2. The highest BCUT2D eigenvalue weighted by atomic mass is 16.3. The number of aliphatic hydroxyl groups is 1. The van der Waals surface area contributed by atoms with Gasteiger partial charge in [0.25, 0.3) is 0 Å². The molecule has 13 heavy (non-hydrogen) atoms. The highest BCUT2D eigenvalue weighted by Gasteiger charge is 2.04. The quantitative estimate of drug-likeness (QED) is 0.541. The summed E-state index contributed by atoms with van der Waals surface area (Å²) in [6, 6.07) is 0. The molecule has 0 aromatic carbocycles. The molecule has 2 nitrogen and oxygen atoms in total. The summed E-state index contributed by atoms with van der Waals surface area (Å²) in [6.07, 6.45) is 3.16. The summed E-state index contributed by atoms with van der Waals surface area (Å²) in [7, 11) is 0. The van der Waals surface area contributed by atoms with Crippen molar-refractivity contribution in [3.8, 4) is 0 Å². The molecular formula is C11H22O2. The van der Waals surface area contributed by atoms with Crippen LogP contribution in [0.3, 0.4) is 0 Å². The fraction of sp³-hybridized carbons (Fsp3) is 0.727. The number of rotatable bonds is 4. The molecule has 0 amide bonds. The first kappa shape index (κ1) is 14.9. The van der Waals surface area contributed by atoms with Crippen LogP contribution in [0.15, 0.2) is 12.7 Å². The van der Waals surface area contributed by atoms with Gasteiger partial charge in [0.1, 0.15) is 6.29 Å². The van der Waals surface area contributed by atoms with E-state index in [1.165, 1.54) is 0 Å². The van der Waals surface area contributed by atoms with E-state index in [1.54, 1.807) is 6.08 Å². The van der Waals surface area contributed by atoms with Crippen molar-refractivity contribution in [3.63, 3.8) is 0 Å². The van der Waals surface area contributed by atoms with Crippen LogP contribution in [-0.4, -0.2) is 17.5 Å². The van der Waals surface area contributed by atoms with Crippen molar-refractivity contribution in [2.45, 2.75) is 40.2 Å². The summed E-state index contributed by atoms with van der Waals surface area (Å²) in [6.45, 7) is 11.2. The van der Waals surface area contributed by atoms with Crippen LogP contribution in [0.1, 0.15) is 34.1 Å². The molecule has 0 heterocycles. The van der Waals surface area contributed by atoms with Crippen LogP contribution in [-0.2, 0) is 4.79 Å². The molecule has 0 aromatic heterocycles. The normalized spacial score (nSPS) is 11.9. The summed E-state index contributed by atoms with van der Waals surface area (Å²) < 4.78 is 0. The molecule has 1 atom stereocenters. The zero-order valence-corrected chi connectivity index (χ0v) is 9.16. The minimum atomic E-state index is -0.201. The second-order valence-corrected chi connectivity index (χ2v) is 3.72. The third-order valence-electron chi connectivity index (χ3n) is 1.45. The van der Waals surface area contributed by atoms with Gasteiger partial charge in [-0.25, -0.2) is 0 Å². The SMILES string of the molecule is C=CCC(O)C(C)C.CC(C)C=O. The van der Waals surface area contributed by atoms with Crippen molar-refractivity contribution >= 4 is 6.29 Å². The third-order valence-corrected chi connectivity index (χ3v) is 1.45. The van der Waals surface area contributed by atoms with Crippen LogP contribution in [0.25, 0.3) is 0 Å². The predicted molar refractivity (Wildman–Crippen MR) is 56.6 cm³/mol. The first-order chi connectivity index (χ1) is 5.95. The van der Waals surface area contributed by atoms with Gasteiger partial charge in [-0.05, 0) is 12.3 Å². The number of hydrogen-bond donors (Lipinski definition) is 1. The fourth-order valence-corrected chi connectivity index (χ4v) is 0.443. The Hall–Kier alpha value is -0.630. The van der Waals surface area contributed by atoms with Gasteiger partial charge >= 0.3 is 0 Å². The third kappa shape index (κ3) is 14.2. The molecule has 0 rings (SSSR count). The van der Waals surface area contributed by atoms with Crippen molar-refractivity contribution in [2.24, 2.45) is 11.8 Å². The monoisotopic (exact) mass is 186 g/mol. The van der Waals surface area contributed by atoms with Gasteiger partial charge in [-0.1, -0.05) is 33.8 Å². The van der Waals surface area contributed by atoms with Crippen molar-refractivity contribution < 1.29 is 9.90 Å². The smallest absolute Gasteiger partial charge is 0.122 e. The summed E-state index contributed by atoms with van der Waals surface area (Å²) in [4.78, 5) is 9.50. The Labute approximate surface area is 81.7 Å². The van der Waals surface area contributed by atoms with Gasteiger partial charge in [-0.15, -0.1) is 6.58 Å². The van der Waals surface area contributed by atoms with Crippen LogP contribution in [0.2, 0.25) is 0 Å². The van der Waals surface area contributed by atoms with Crippen LogP contribution >= 0.6 is 0 Å². The van der Waals surface area contributed by atoms with E-state index >= 15 is 0 Å². The average Bonchev–Trinajstić information content (AvgIpc) is 2.06. The minimum Gasteiger partial charge on any atom is -0.393 e. The standard InChI is InChI=1S/C7H14O.C4H8O/c1-4-5-7(8)6(2)3;1-4(2)3-5/h4,6-8H,1,5H2,2-3H3;3-4H,1-2H3. The van der Waals surface area contributed by atoms with Crippen molar-refractivity contribution in [1.29, 1.82) is 0 Å². The van der Waals surface area contributed by atoms with Gasteiger partial charge in [-0.2, -0.15) is 0 Å². The molecule has 2 heteroatoms. The molecular weight excluding hydrogens is 164 g/mol. The Kier molecular flexibility index (Phi) is 10.8. The predicted octanol–water partition coefficient (Wildman–Crippen LogP) is 2.42. The maximum Gasteiger partial charge on any atom is 0.122 e. The number of aldehydes is 1. The van der Waals surface area contributed by atoms with E-state index in [1.807, 2.05) is 27.7 Å². The lowest BCUT2D eigenvalue weighted by atomic mass is 10.1. The van der Waals surface area contributed by atoms with Crippen LogP contribution < -0.4 is 0 Å². The molecule has 0 fully saturated rings. The Balaban J connectivity index is 0. The Bertz CT molecular complexity index is 128. The van der Waals surface area contributed by atoms with Gasteiger partial charge in [0.15, 0.2) is 0 Å². The van der Waals surface area contributed by atoms with E-state index in [0.717, 1.165) is 6.29 Å². The lowest BCUT2D eigenvalue weighted by Gasteiger charge is -2.10. The van der Waals surface area contributed by atoms with E-state index in [0.29, 0.717) is 12.3 Å². The largest absolute Gasteiger partial charge is 0.393 e. The molecule has 0 bridgehead atoms. The molecule has 0 spiro atoms. The zero-order chi connectivity index (χ0) is 10.9. The Morgan fingerprint density at radius 2 is 1.69 bits per heavy atom. The molecule has 0 saturated carbocycles. The first-order valence-corrected chi connectivity index (χ1v) is 4.69. The van der Waals surface area contributed by atoms with E-state index in [2.05, 4.69) is 6.58 Å². The summed E-state index contributed by atoms with van der Waals surface area (Å²) in [5.41, 5.74) is 0. The van der Waals surface area contributed by atoms with Crippen LogP contribution in [0, 0.1) is 11.8 Å². The Morgan fingerprint density at radius 3 is 1.77 bits per heavy atom. The van der Waals surface area contributed by atoms with Gasteiger partial charge in [0.05, 0.1) is 6.10 Å². The molecule has 1 N–H and O–H groups in total. The minimum absolute atomic E-state index is 0.201. The van der Waals surface area contributed by atoms with Crippen molar-refractivity contribution in [2.75, 3.05) is 0 Å². The zero-order valence-electron chi connectivity index (χ0n) is 9.16. The van der Waals surface area contributed by atoms with Crippen molar-refractivity contribution in [3.05, 3.63) is 12.7 Å². The molecule has 0 aromatic rings. The highest BCUT2D eigenvalue weighted by Crippen LogP contribution is 2.04. The number of carbonyl (C=O) groups excluding carboxylic acids is 1. The first-order valence-electron chi connectivity index (χ1n) is 4.69. The van der Waals surface area contributed by atoms with Crippen molar-refractivity contribution in [1.82, 2.24) is 0 Å². The molecule has 0 saturated heterocycles. The summed E-state index contributed by atoms with van der Waals surface area (Å²) >= 11 is 0. The topological polar surface area (TPSA) is 37.3 Å². The summed E-state index contributed by atoms with van der Waals surface area (Å²) in [5.74, 6) is 0.558. The van der Waals surface area contributed by atoms with E-state index < -0.39 is 0 Å². The lowest BCUT2D eigenvalue weighted by Crippen LogP contribution is -2.12. The van der Waals surface area contributed by atoms with Gasteiger partial charge in [0, 0.05) is 5.92 Å². The molecule has 0 aliphatic heterocycles. The number of carbonyl (C=O) groups is 1. The fourth-order valence-electron chi connectivity index (χ4n) is 0.443. The second kappa shape index (κ2) is 9.46. The molecule has 0 aliphatic carbocycles. The average molecular weight is 186 g/mol. The summed E-state index contributed by atoms with van der Waals surface area (Å²) in [5, 5.41) is 9.06. The van der Waals surface area contributed by atoms with Gasteiger partial charge in [0.2, 0.25) is 0 Å². The van der Waals surface area contributed by atoms with Gasteiger partial charge < -0.3 is 9.90 Å². The maximum atomic E-state index is 9.50. The molecule has 1 unspecified atom stereocenters. The maximum absolute atomic E-state index is 9.50. The molecule has 78 valence electrons. The van der Waals surface area contributed by atoms with E-state index in [-0.39, 0.29) is 12.0 Å². The second-order valence-electron chi connectivity index (χ2n) is 3.72.